The second-order valence-corrected chi connectivity index (χ2v) is 4.38. The number of nitro groups is 2. The van der Waals surface area contributed by atoms with E-state index >= 15 is 0 Å². The highest BCUT2D eigenvalue weighted by Gasteiger charge is 2.38. The molecule has 0 aliphatic heterocycles. The molecule has 0 saturated carbocycles. The molecular formula is C11H11F3N4O5. The van der Waals surface area contributed by atoms with Crippen LogP contribution in [-0.2, 0) is 11.0 Å². The molecule has 0 aromatic heterocycles. The summed E-state index contributed by atoms with van der Waals surface area (Å²) >= 11 is 0. The van der Waals surface area contributed by atoms with Crippen LogP contribution in [0.3, 0.4) is 0 Å². The van der Waals surface area contributed by atoms with Gasteiger partial charge in [-0.15, -0.1) is 0 Å². The van der Waals surface area contributed by atoms with Gasteiger partial charge in [-0.2, -0.15) is 13.2 Å². The number of amides is 1. The Labute approximate surface area is 126 Å². The van der Waals surface area contributed by atoms with Crippen molar-refractivity contribution in [3.63, 3.8) is 0 Å². The molecule has 0 bridgehead atoms. The van der Waals surface area contributed by atoms with Crippen LogP contribution in [0.1, 0.15) is 12.5 Å². The summed E-state index contributed by atoms with van der Waals surface area (Å²) in [5, 5.41) is 26.3. The highest BCUT2D eigenvalue weighted by atomic mass is 19.4. The van der Waals surface area contributed by atoms with E-state index in [9.17, 15) is 38.2 Å². The molecule has 0 saturated heterocycles. The number of carbonyl (C=O) groups excluding carboxylic acids is 1. The Morgan fingerprint density at radius 1 is 1.17 bits per heavy atom. The van der Waals surface area contributed by atoms with Crippen molar-refractivity contribution in [3.8, 4) is 0 Å². The number of hydrogen-bond acceptors (Lipinski definition) is 6. The summed E-state index contributed by atoms with van der Waals surface area (Å²) in [6.07, 6.45) is -5.00. The molecule has 1 amide bonds. The monoisotopic (exact) mass is 336 g/mol. The third kappa shape index (κ3) is 4.05. The first kappa shape index (κ1) is 18.1. The predicted octanol–water partition coefficient (Wildman–Crippen LogP) is 2.07. The van der Waals surface area contributed by atoms with Crippen molar-refractivity contribution in [2.75, 3.05) is 12.4 Å². The Balaban J connectivity index is 3.56. The zero-order valence-electron chi connectivity index (χ0n) is 11.8. The molecule has 0 fully saturated rings. The van der Waals surface area contributed by atoms with E-state index in [0.717, 1.165) is 0 Å². The molecule has 1 atom stereocenters. The minimum Gasteiger partial charge on any atom is -0.363 e. The molecule has 23 heavy (non-hydrogen) atoms. The van der Waals surface area contributed by atoms with Crippen molar-refractivity contribution < 1.29 is 27.8 Å². The summed E-state index contributed by atoms with van der Waals surface area (Å²) in [6.45, 7) is 1.24. The second kappa shape index (κ2) is 6.46. The lowest BCUT2D eigenvalue weighted by molar-refractivity contribution is -0.392. The fourth-order valence-corrected chi connectivity index (χ4v) is 1.71. The molecule has 9 nitrogen and oxygen atoms in total. The standard InChI is InChI=1S/C11H11F3N4O5/c1-5(10(19)15-2)16-9-7(17(20)21)3-6(11(12,13)14)4-8(9)18(22)23/h3-5,16H,1-2H3,(H,15,19). The highest BCUT2D eigenvalue weighted by molar-refractivity contribution is 5.86. The first-order chi connectivity index (χ1) is 10.5. The van der Waals surface area contributed by atoms with Crippen LogP contribution in [0.15, 0.2) is 12.1 Å². The van der Waals surface area contributed by atoms with Gasteiger partial charge in [-0.05, 0) is 6.92 Å². The summed E-state index contributed by atoms with van der Waals surface area (Å²) in [4.78, 5) is 31.0. The van der Waals surface area contributed by atoms with Gasteiger partial charge in [0.2, 0.25) is 5.91 Å². The molecule has 0 radical (unpaired) electrons. The Bertz CT molecular complexity index is 627. The molecule has 0 spiro atoms. The maximum absolute atomic E-state index is 12.7. The van der Waals surface area contributed by atoms with Crippen LogP contribution < -0.4 is 10.6 Å². The Kier molecular flexibility index (Phi) is 5.09. The van der Waals surface area contributed by atoms with E-state index in [-0.39, 0.29) is 12.1 Å². The number of halogens is 3. The van der Waals surface area contributed by atoms with E-state index in [0.29, 0.717) is 0 Å². The van der Waals surface area contributed by atoms with Crippen molar-refractivity contribution in [3.05, 3.63) is 37.9 Å². The number of hydrogen-bond donors (Lipinski definition) is 2. The zero-order valence-corrected chi connectivity index (χ0v) is 11.8. The third-order valence-electron chi connectivity index (χ3n) is 2.82. The van der Waals surface area contributed by atoms with Crippen LogP contribution in [0.5, 0.6) is 0 Å². The fraction of sp³-hybridized carbons (Fsp3) is 0.364. The van der Waals surface area contributed by atoms with Crippen LogP contribution >= 0.6 is 0 Å². The number of nitrogens with zero attached hydrogens (tertiary/aromatic N) is 2. The van der Waals surface area contributed by atoms with Crippen LogP contribution in [0.4, 0.5) is 30.2 Å². The highest BCUT2D eigenvalue weighted by Crippen LogP contribution is 2.41. The number of benzene rings is 1. The quantitative estimate of drug-likeness (QED) is 0.626. The Morgan fingerprint density at radius 2 is 1.61 bits per heavy atom. The lowest BCUT2D eigenvalue weighted by atomic mass is 10.1. The molecule has 1 aromatic carbocycles. The van der Waals surface area contributed by atoms with Gasteiger partial charge in [0.15, 0.2) is 5.69 Å². The molecule has 0 aliphatic rings. The number of nitro benzene ring substituents is 2. The van der Waals surface area contributed by atoms with Gasteiger partial charge in [0.25, 0.3) is 11.4 Å². The van der Waals surface area contributed by atoms with Gasteiger partial charge in [0.05, 0.1) is 15.4 Å². The molecule has 1 unspecified atom stereocenters. The number of carbonyl (C=O) groups is 1. The maximum Gasteiger partial charge on any atom is 0.416 e. The summed E-state index contributed by atoms with van der Waals surface area (Å²) < 4.78 is 38.2. The largest absolute Gasteiger partial charge is 0.416 e. The SMILES string of the molecule is CNC(=O)C(C)Nc1c([N+](=O)[O-])cc(C(F)(F)F)cc1[N+](=O)[O-]. The molecule has 0 heterocycles. The first-order valence-corrected chi connectivity index (χ1v) is 6.01. The van der Waals surface area contributed by atoms with E-state index in [2.05, 4.69) is 10.6 Å². The molecule has 12 heteroatoms. The van der Waals surface area contributed by atoms with E-state index in [1.807, 2.05) is 0 Å². The van der Waals surface area contributed by atoms with Gasteiger partial charge in [-0.1, -0.05) is 0 Å². The smallest absolute Gasteiger partial charge is 0.363 e. The van der Waals surface area contributed by atoms with Gasteiger partial charge in [0, 0.05) is 19.2 Å². The van der Waals surface area contributed by atoms with Crippen molar-refractivity contribution in [1.82, 2.24) is 5.32 Å². The zero-order chi connectivity index (χ0) is 17.9. The summed E-state index contributed by atoms with van der Waals surface area (Å²) in [6, 6.07) is -0.799. The van der Waals surface area contributed by atoms with Crippen molar-refractivity contribution in [2.45, 2.75) is 19.1 Å². The molecule has 0 aliphatic carbocycles. The maximum atomic E-state index is 12.7. The van der Waals surface area contributed by atoms with Crippen molar-refractivity contribution in [2.24, 2.45) is 0 Å². The lowest BCUT2D eigenvalue weighted by Gasteiger charge is -2.15. The number of anilines is 1. The summed E-state index contributed by atoms with van der Waals surface area (Å²) in [5.74, 6) is -0.659. The molecular weight excluding hydrogens is 325 g/mol. The molecule has 1 rings (SSSR count). The summed E-state index contributed by atoms with van der Waals surface area (Å²) in [7, 11) is 1.26. The minimum absolute atomic E-state index is 0.173. The molecule has 126 valence electrons. The number of rotatable bonds is 5. The molecule has 1 aromatic rings. The van der Waals surface area contributed by atoms with Gasteiger partial charge >= 0.3 is 6.18 Å². The molecule has 2 N–H and O–H groups in total. The second-order valence-electron chi connectivity index (χ2n) is 4.38. The van der Waals surface area contributed by atoms with Crippen LogP contribution in [0, 0.1) is 20.2 Å². The minimum atomic E-state index is -5.00. The van der Waals surface area contributed by atoms with Crippen LogP contribution in [0.2, 0.25) is 0 Å². The normalized spacial score (nSPS) is 12.4. The van der Waals surface area contributed by atoms with Gasteiger partial charge in [-0.25, -0.2) is 0 Å². The predicted molar refractivity (Wildman–Crippen MR) is 71.9 cm³/mol. The van der Waals surface area contributed by atoms with Gasteiger partial charge in [0.1, 0.15) is 6.04 Å². The number of nitrogens with one attached hydrogen (secondary N) is 2. The van der Waals surface area contributed by atoms with Crippen molar-refractivity contribution in [1.29, 1.82) is 0 Å². The lowest BCUT2D eigenvalue weighted by Crippen LogP contribution is -2.35. The average Bonchev–Trinajstić information content (AvgIpc) is 2.44. The topological polar surface area (TPSA) is 127 Å². The summed E-state index contributed by atoms with van der Waals surface area (Å²) in [5.41, 5.74) is -4.61. The first-order valence-electron chi connectivity index (χ1n) is 6.01. The number of likely N-dealkylation sites (N-methyl/N-ethyl adjacent to an activating group) is 1. The van der Waals surface area contributed by atoms with E-state index in [4.69, 9.17) is 0 Å². The van der Waals surface area contributed by atoms with Crippen LogP contribution in [-0.4, -0.2) is 28.8 Å². The fourth-order valence-electron chi connectivity index (χ4n) is 1.71. The van der Waals surface area contributed by atoms with E-state index in [1.165, 1.54) is 14.0 Å². The van der Waals surface area contributed by atoms with Crippen LogP contribution in [0.25, 0.3) is 0 Å². The van der Waals surface area contributed by atoms with E-state index in [1.54, 1.807) is 0 Å². The average molecular weight is 336 g/mol. The number of alkyl halides is 3. The van der Waals surface area contributed by atoms with Gasteiger partial charge in [-0.3, -0.25) is 25.0 Å². The van der Waals surface area contributed by atoms with Crippen molar-refractivity contribution >= 4 is 23.0 Å². The Hall–Kier alpha value is -2.92. The third-order valence-corrected chi connectivity index (χ3v) is 2.82. The Morgan fingerprint density at radius 3 is 1.91 bits per heavy atom. The van der Waals surface area contributed by atoms with Gasteiger partial charge < -0.3 is 10.6 Å². The van der Waals surface area contributed by atoms with E-state index < -0.39 is 50.6 Å².